The van der Waals surface area contributed by atoms with Crippen molar-refractivity contribution in [1.82, 2.24) is 20.8 Å². The summed E-state index contributed by atoms with van der Waals surface area (Å²) in [4.78, 5) is 16.1. The Balaban J connectivity index is 1.73. The van der Waals surface area contributed by atoms with Gasteiger partial charge in [0.25, 0.3) is 0 Å². The highest BCUT2D eigenvalue weighted by molar-refractivity contribution is 6.30. The number of nitrogens with zero attached hydrogens (tertiary/aromatic N) is 2. The maximum atomic E-state index is 11.8. The van der Waals surface area contributed by atoms with Gasteiger partial charge in [0, 0.05) is 36.0 Å². The fraction of sp³-hybridized carbons (Fsp3) is 0.471. The highest BCUT2D eigenvalue weighted by Gasteiger charge is 2.10. The van der Waals surface area contributed by atoms with Crippen LogP contribution in [-0.4, -0.2) is 35.2 Å². The number of carbonyl (C=O) groups excluding carboxylic acids is 1. The first kappa shape index (κ1) is 18.4. The number of aromatic nitrogens is 2. The van der Waals surface area contributed by atoms with Gasteiger partial charge in [0.1, 0.15) is 0 Å². The molecule has 0 fully saturated rings. The van der Waals surface area contributed by atoms with Crippen LogP contribution in [-0.2, 0) is 11.2 Å². The molecule has 7 heteroatoms. The van der Waals surface area contributed by atoms with Crippen molar-refractivity contribution in [3.63, 3.8) is 0 Å². The van der Waals surface area contributed by atoms with Gasteiger partial charge in [-0.05, 0) is 44.2 Å². The first-order valence-corrected chi connectivity index (χ1v) is 8.55. The summed E-state index contributed by atoms with van der Waals surface area (Å²) in [6, 6.07) is 7.53. The van der Waals surface area contributed by atoms with E-state index in [0.717, 1.165) is 12.1 Å². The molecule has 6 nitrogen and oxygen atoms in total. The minimum Gasteiger partial charge on any atom is -0.355 e. The molecule has 1 amide bonds. The van der Waals surface area contributed by atoms with E-state index in [9.17, 15) is 4.79 Å². The van der Waals surface area contributed by atoms with Crippen molar-refractivity contribution in [3.05, 3.63) is 35.2 Å². The molecule has 1 heterocycles. The van der Waals surface area contributed by atoms with Crippen LogP contribution in [0.4, 0.5) is 0 Å². The van der Waals surface area contributed by atoms with Gasteiger partial charge in [-0.15, -0.1) is 0 Å². The second-order valence-corrected chi connectivity index (χ2v) is 6.07. The average molecular weight is 351 g/mol. The molecule has 1 aromatic heterocycles. The van der Waals surface area contributed by atoms with E-state index < -0.39 is 0 Å². The number of halogens is 1. The minimum absolute atomic E-state index is 0.0391. The van der Waals surface area contributed by atoms with E-state index in [1.54, 1.807) is 12.1 Å². The normalized spacial score (nSPS) is 12.1. The maximum absolute atomic E-state index is 11.8. The number of likely N-dealkylation sites (N-methyl/N-ethyl adjacent to an activating group) is 1. The summed E-state index contributed by atoms with van der Waals surface area (Å²) in [6.07, 6.45) is 1.69. The molecular formula is C17H23ClN4O2. The lowest BCUT2D eigenvalue weighted by atomic mass is 10.2. The van der Waals surface area contributed by atoms with E-state index in [2.05, 4.69) is 20.8 Å². The van der Waals surface area contributed by atoms with E-state index in [1.807, 2.05) is 26.0 Å². The van der Waals surface area contributed by atoms with Crippen molar-refractivity contribution in [3.8, 4) is 11.4 Å². The van der Waals surface area contributed by atoms with Gasteiger partial charge in [-0.1, -0.05) is 23.7 Å². The lowest BCUT2D eigenvalue weighted by Gasteiger charge is -2.12. The number of hydrogen-bond acceptors (Lipinski definition) is 5. The van der Waals surface area contributed by atoms with Crippen LogP contribution < -0.4 is 10.6 Å². The molecule has 0 aliphatic heterocycles. The zero-order valence-corrected chi connectivity index (χ0v) is 14.8. The third kappa shape index (κ3) is 5.94. The van der Waals surface area contributed by atoms with E-state index >= 15 is 0 Å². The summed E-state index contributed by atoms with van der Waals surface area (Å²) in [5.41, 5.74) is 0.851. The SMILES string of the molecule is CCN[C@H](C)CNC(=O)CCCc1nc(-c2ccc(Cl)cc2)no1. The van der Waals surface area contributed by atoms with Gasteiger partial charge in [-0.2, -0.15) is 4.98 Å². The van der Waals surface area contributed by atoms with Crippen LogP contribution in [0.25, 0.3) is 11.4 Å². The zero-order valence-electron chi connectivity index (χ0n) is 14.0. The van der Waals surface area contributed by atoms with Crippen molar-refractivity contribution in [2.75, 3.05) is 13.1 Å². The van der Waals surface area contributed by atoms with Crippen molar-refractivity contribution in [2.24, 2.45) is 0 Å². The molecule has 0 bridgehead atoms. The number of hydrogen-bond donors (Lipinski definition) is 2. The van der Waals surface area contributed by atoms with E-state index in [1.165, 1.54) is 0 Å². The van der Waals surface area contributed by atoms with Gasteiger partial charge < -0.3 is 15.2 Å². The van der Waals surface area contributed by atoms with Crippen LogP contribution in [0.15, 0.2) is 28.8 Å². The van der Waals surface area contributed by atoms with Crippen LogP contribution in [0.1, 0.15) is 32.6 Å². The molecular weight excluding hydrogens is 328 g/mol. The summed E-state index contributed by atoms with van der Waals surface area (Å²) >= 11 is 5.86. The van der Waals surface area contributed by atoms with E-state index in [0.29, 0.717) is 42.5 Å². The number of nitrogens with one attached hydrogen (secondary N) is 2. The largest absolute Gasteiger partial charge is 0.355 e. The smallest absolute Gasteiger partial charge is 0.226 e. The molecule has 130 valence electrons. The van der Waals surface area contributed by atoms with Crippen molar-refractivity contribution in [2.45, 2.75) is 39.2 Å². The van der Waals surface area contributed by atoms with Crippen molar-refractivity contribution in [1.29, 1.82) is 0 Å². The monoisotopic (exact) mass is 350 g/mol. The van der Waals surface area contributed by atoms with Crippen LogP contribution in [0, 0.1) is 0 Å². The summed E-state index contributed by atoms with van der Waals surface area (Å²) in [5, 5.41) is 10.8. The van der Waals surface area contributed by atoms with Crippen molar-refractivity contribution >= 4 is 17.5 Å². The van der Waals surface area contributed by atoms with Crippen LogP contribution in [0.5, 0.6) is 0 Å². The molecule has 0 saturated heterocycles. The summed E-state index contributed by atoms with van der Waals surface area (Å²) in [7, 11) is 0. The zero-order chi connectivity index (χ0) is 17.4. The molecule has 0 spiro atoms. The summed E-state index contributed by atoms with van der Waals surface area (Å²) in [5.74, 6) is 1.11. The standard InChI is InChI=1S/C17H23ClN4O2/c1-3-19-12(2)11-20-15(23)5-4-6-16-21-17(22-24-16)13-7-9-14(18)10-8-13/h7-10,12,19H,3-6,11H2,1-2H3,(H,20,23)/t12-/m1/s1. The molecule has 0 unspecified atom stereocenters. The third-order valence-corrected chi connectivity index (χ3v) is 3.77. The first-order valence-electron chi connectivity index (χ1n) is 8.17. The molecule has 24 heavy (non-hydrogen) atoms. The molecule has 0 aliphatic carbocycles. The molecule has 0 aliphatic rings. The summed E-state index contributed by atoms with van der Waals surface area (Å²) < 4.78 is 5.23. The average Bonchev–Trinajstić information content (AvgIpc) is 3.03. The lowest BCUT2D eigenvalue weighted by Crippen LogP contribution is -2.38. The second-order valence-electron chi connectivity index (χ2n) is 5.63. The quantitative estimate of drug-likeness (QED) is 0.727. The van der Waals surface area contributed by atoms with Crippen LogP contribution in [0.3, 0.4) is 0 Å². The van der Waals surface area contributed by atoms with Gasteiger partial charge in [-0.3, -0.25) is 4.79 Å². The Bertz CT molecular complexity index is 642. The van der Waals surface area contributed by atoms with Gasteiger partial charge in [0.2, 0.25) is 17.6 Å². The number of amides is 1. The number of rotatable bonds is 9. The van der Waals surface area contributed by atoms with Crippen LogP contribution in [0.2, 0.25) is 5.02 Å². The second kappa shape index (κ2) is 9.39. The van der Waals surface area contributed by atoms with Crippen LogP contribution >= 0.6 is 11.6 Å². The molecule has 2 N–H and O–H groups in total. The number of benzene rings is 1. The fourth-order valence-corrected chi connectivity index (χ4v) is 2.37. The molecule has 0 saturated carbocycles. The Labute approximate surface area is 147 Å². The van der Waals surface area contributed by atoms with Gasteiger partial charge >= 0.3 is 0 Å². The third-order valence-electron chi connectivity index (χ3n) is 3.52. The highest BCUT2D eigenvalue weighted by atomic mass is 35.5. The Hall–Kier alpha value is -1.92. The van der Waals surface area contributed by atoms with Gasteiger partial charge in [0.05, 0.1) is 0 Å². The topological polar surface area (TPSA) is 80.0 Å². The predicted octanol–water partition coefficient (Wildman–Crippen LogP) is 2.83. The molecule has 1 atom stereocenters. The maximum Gasteiger partial charge on any atom is 0.226 e. The predicted molar refractivity (Wildman–Crippen MR) is 93.8 cm³/mol. The van der Waals surface area contributed by atoms with E-state index in [4.69, 9.17) is 16.1 Å². The minimum atomic E-state index is 0.0391. The Morgan fingerprint density at radius 1 is 1.33 bits per heavy atom. The first-order chi connectivity index (χ1) is 11.6. The van der Waals surface area contributed by atoms with Gasteiger partial charge in [0.15, 0.2) is 0 Å². The van der Waals surface area contributed by atoms with Gasteiger partial charge in [-0.25, -0.2) is 0 Å². The van der Waals surface area contributed by atoms with E-state index in [-0.39, 0.29) is 11.9 Å². The highest BCUT2D eigenvalue weighted by Crippen LogP contribution is 2.19. The number of carbonyl (C=O) groups is 1. The fourth-order valence-electron chi connectivity index (χ4n) is 2.25. The Morgan fingerprint density at radius 2 is 2.08 bits per heavy atom. The lowest BCUT2D eigenvalue weighted by molar-refractivity contribution is -0.121. The molecule has 2 rings (SSSR count). The molecule has 2 aromatic rings. The Morgan fingerprint density at radius 3 is 2.79 bits per heavy atom. The molecule has 0 radical (unpaired) electrons. The Kier molecular flexibility index (Phi) is 7.21. The van der Waals surface area contributed by atoms with Crippen molar-refractivity contribution < 1.29 is 9.32 Å². The number of aryl methyl sites for hydroxylation is 1. The molecule has 1 aromatic carbocycles. The summed E-state index contributed by atoms with van der Waals surface area (Å²) in [6.45, 7) is 5.61.